The molecule has 1 heterocycles. The number of aromatic nitrogens is 1. The van der Waals surface area contributed by atoms with E-state index in [-0.39, 0.29) is 11.5 Å². The van der Waals surface area contributed by atoms with E-state index in [9.17, 15) is 14.5 Å². The van der Waals surface area contributed by atoms with Crippen molar-refractivity contribution < 1.29 is 9.31 Å². The highest BCUT2D eigenvalue weighted by molar-refractivity contribution is 5.72. The Morgan fingerprint density at radius 2 is 1.94 bits per heavy atom. The molecule has 2 aromatic rings. The molecule has 1 aromatic carbocycles. The van der Waals surface area contributed by atoms with Gasteiger partial charge in [0.05, 0.1) is 4.92 Å². The van der Waals surface area contributed by atoms with Gasteiger partial charge in [0.2, 0.25) is 0 Å². The van der Waals surface area contributed by atoms with Crippen LogP contribution in [0.25, 0.3) is 11.1 Å². The van der Waals surface area contributed by atoms with Gasteiger partial charge in [0, 0.05) is 17.3 Å². The lowest BCUT2D eigenvalue weighted by Crippen LogP contribution is -1.96. The van der Waals surface area contributed by atoms with Crippen LogP contribution in [0.2, 0.25) is 0 Å². The van der Waals surface area contributed by atoms with E-state index in [0.29, 0.717) is 11.1 Å². The predicted octanol–water partition coefficient (Wildman–Crippen LogP) is 3.41. The van der Waals surface area contributed by atoms with E-state index in [1.165, 1.54) is 18.3 Å². The molecule has 0 radical (unpaired) electrons. The molecule has 0 spiro atoms. The van der Waals surface area contributed by atoms with Gasteiger partial charge >= 0.3 is 0 Å². The fourth-order valence-electron chi connectivity index (χ4n) is 1.90. The van der Waals surface area contributed by atoms with Gasteiger partial charge in [-0.2, -0.15) is 0 Å². The maximum atomic E-state index is 13.0. The smallest absolute Gasteiger partial charge is 0.258 e. The first-order valence-corrected chi connectivity index (χ1v) is 5.36. The van der Waals surface area contributed by atoms with Crippen LogP contribution in [0.3, 0.4) is 0 Å². The highest BCUT2D eigenvalue weighted by Crippen LogP contribution is 2.30. The molecule has 4 nitrogen and oxygen atoms in total. The summed E-state index contributed by atoms with van der Waals surface area (Å²) < 4.78 is 13.0. The molecule has 0 fully saturated rings. The van der Waals surface area contributed by atoms with E-state index in [1.54, 1.807) is 26.1 Å². The van der Waals surface area contributed by atoms with Crippen LogP contribution in [0.1, 0.15) is 11.1 Å². The van der Waals surface area contributed by atoms with E-state index < -0.39 is 4.92 Å². The lowest BCUT2D eigenvalue weighted by atomic mass is 9.98. The van der Waals surface area contributed by atoms with Gasteiger partial charge in [0.15, 0.2) is 0 Å². The van der Waals surface area contributed by atoms with Gasteiger partial charge in [-0.1, -0.05) is 6.07 Å². The van der Waals surface area contributed by atoms with Crippen molar-refractivity contribution in [3.63, 3.8) is 0 Å². The van der Waals surface area contributed by atoms with Crippen LogP contribution < -0.4 is 0 Å². The number of hydrogen-bond acceptors (Lipinski definition) is 3. The lowest BCUT2D eigenvalue weighted by molar-refractivity contribution is -0.385. The average Bonchev–Trinajstić information content (AvgIpc) is 2.30. The third-order valence-corrected chi connectivity index (χ3v) is 2.86. The first-order valence-electron chi connectivity index (χ1n) is 5.36. The van der Waals surface area contributed by atoms with E-state index in [2.05, 4.69) is 4.98 Å². The second-order valence-electron chi connectivity index (χ2n) is 4.05. The van der Waals surface area contributed by atoms with Crippen LogP contribution in [0.5, 0.6) is 0 Å². The van der Waals surface area contributed by atoms with Crippen molar-refractivity contribution in [2.75, 3.05) is 0 Å². The molecule has 0 aliphatic rings. The van der Waals surface area contributed by atoms with Crippen LogP contribution in [-0.2, 0) is 0 Å². The SMILES string of the molecule is Cc1cc(F)ccc1-c1cncc([N+](=O)[O-])c1C. The second kappa shape index (κ2) is 4.52. The monoisotopic (exact) mass is 246 g/mol. The fraction of sp³-hybridized carbons (Fsp3) is 0.154. The Morgan fingerprint density at radius 3 is 2.56 bits per heavy atom. The molecular weight excluding hydrogens is 235 g/mol. The lowest BCUT2D eigenvalue weighted by Gasteiger charge is -2.08. The zero-order chi connectivity index (χ0) is 13.3. The van der Waals surface area contributed by atoms with Crippen molar-refractivity contribution in [2.24, 2.45) is 0 Å². The molecule has 0 saturated heterocycles. The summed E-state index contributed by atoms with van der Waals surface area (Å²) in [4.78, 5) is 14.3. The summed E-state index contributed by atoms with van der Waals surface area (Å²) in [6, 6.07) is 4.34. The van der Waals surface area contributed by atoms with Crippen molar-refractivity contribution in [2.45, 2.75) is 13.8 Å². The quantitative estimate of drug-likeness (QED) is 0.602. The molecule has 92 valence electrons. The Balaban J connectivity index is 2.64. The van der Waals surface area contributed by atoms with E-state index in [1.807, 2.05) is 0 Å². The number of pyridine rings is 1. The Labute approximate surface area is 103 Å². The summed E-state index contributed by atoms with van der Waals surface area (Å²) in [5, 5.41) is 10.8. The number of nitro groups is 1. The van der Waals surface area contributed by atoms with Gasteiger partial charge in [-0.25, -0.2) is 4.39 Å². The minimum Gasteiger partial charge on any atom is -0.258 e. The summed E-state index contributed by atoms with van der Waals surface area (Å²) in [7, 11) is 0. The van der Waals surface area contributed by atoms with Gasteiger partial charge in [0.1, 0.15) is 12.0 Å². The molecule has 0 N–H and O–H groups in total. The van der Waals surface area contributed by atoms with E-state index in [0.717, 1.165) is 11.1 Å². The Kier molecular flexibility index (Phi) is 3.06. The van der Waals surface area contributed by atoms with E-state index in [4.69, 9.17) is 0 Å². The van der Waals surface area contributed by atoms with Crippen LogP contribution in [0.15, 0.2) is 30.6 Å². The third-order valence-electron chi connectivity index (χ3n) is 2.86. The molecule has 5 heteroatoms. The molecule has 0 aliphatic carbocycles. The minimum absolute atomic E-state index is 0.0313. The van der Waals surface area contributed by atoms with Gasteiger partial charge in [-0.05, 0) is 37.1 Å². The fourth-order valence-corrected chi connectivity index (χ4v) is 1.90. The van der Waals surface area contributed by atoms with Crippen LogP contribution in [0, 0.1) is 29.8 Å². The number of benzene rings is 1. The summed E-state index contributed by atoms with van der Waals surface area (Å²) in [5.41, 5.74) is 2.63. The topological polar surface area (TPSA) is 56.0 Å². The van der Waals surface area contributed by atoms with Crippen LogP contribution in [0.4, 0.5) is 10.1 Å². The Hall–Kier alpha value is -2.30. The second-order valence-corrected chi connectivity index (χ2v) is 4.05. The number of hydrogen-bond donors (Lipinski definition) is 0. The molecule has 18 heavy (non-hydrogen) atoms. The summed E-state index contributed by atoms with van der Waals surface area (Å²) in [6.07, 6.45) is 2.78. The van der Waals surface area contributed by atoms with Crippen LogP contribution >= 0.6 is 0 Å². The molecule has 0 unspecified atom stereocenters. The average molecular weight is 246 g/mol. The molecule has 0 saturated carbocycles. The van der Waals surface area contributed by atoms with E-state index >= 15 is 0 Å². The van der Waals surface area contributed by atoms with Crippen molar-refractivity contribution in [1.82, 2.24) is 4.98 Å². The van der Waals surface area contributed by atoms with Crippen molar-refractivity contribution >= 4 is 5.69 Å². The highest BCUT2D eigenvalue weighted by atomic mass is 19.1. The molecule has 0 aliphatic heterocycles. The Bertz CT molecular complexity index is 626. The van der Waals surface area contributed by atoms with Crippen molar-refractivity contribution in [3.05, 3.63) is 57.7 Å². The zero-order valence-corrected chi connectivity index (χ0v) is 9.98. The molecule has 0 atom stereocenters. The first kappa shape index (κ1) is 12.2. The number of aryl methyl sites for hydroxylation is 1. The van der Waals surface area contributed by atoms with Crippen molar-refractivity contribution in [1.29, 1.82) is 0 Å². The van der Waals surface area contributed by atoms with Gasteiger partial charge in [-0.15, -0.1) is 0 Å². The van der Waals surface area contributed by atoms with Crippen LogP contribution in [-0.4, -0.2) is 9.91 Å². The summed E-state index contributed by atoms with van der Waals surface area (Å²) in [5.74, 6) is -0.327. The maximum Gasteiger partial charge on any atom is 0.291 e. The first-order chi connectivity index (χ1) is 8.50. The zero-order valence-electron chi connectivity index (χ0n) is 9.98. The molecule has 0 amide bonds. The standard InChI is InChI=1S/C13H11FN2O2/c1-8-5-10(14)3-4-11(8)12-6-15-7-13(9(12)2)16(17)18/h3-7H,1-2H3. The van der Waals surface area contributed by atoms with Gasteiger partial charge in [0.25, 0.3) is 5.69 Å². The molecular formula is C13H11FN2O2. The third kappa shape index (κ3) is 2.07. The number of rotatable bonds is 2. The maximum absolute atomic E-state index is 13.0. The summed E-state index contributed by atoms with van der Waals surface area (Å²) in [6.45, 7) is 3.43. The molecule has 0 bridgehead atoms. The van der Waals surface area contributed by atoms with Gasteiger partial charge < -0.3 is 0 Å². The number of halogens is 1. The summed E-state index contributed by atoms with van der Waals surface area (Å²) >= 11 is 0. The predicted molar refractivity (Wildman–Crippen MR) is 65.8 cm³/mol. The largest absolute Gasteiger partial charge is 0.291 e. The van der Waals surface area contributed by atoms with Crippen molar-refractivity contribution in [3.8, 4) is 11.1 Å². The molecule has 1 aromatic heterocycles. The normalized spacial score (nSPS) is 10.4. The minimum atomic E-state index is -0.468. The van der Waals surface area contributed by atoms with Gasteiger partial charge in [-0.3, -0.25) is 15.1 Å². The highest BCUT2D eigenvalue weighted by Gasteiger charge is 2.16. The number of nitrogens with zero attached hydrogens (tertiary/aromatic N) is 2. The molecule has 2 rings (SSSR count). The Morgan fingerprint density at radius 1 is 1.22 bits per heavy atom.